The topological polar surface area (TPSA) is 53.4 Å². The molecule has 1 amide bonds. The molecule has 4 rings (SSSR count). The summed E-state index contributed by atoms with van der Waals surface area (Å²) in [5.74, 6) is -0.828. The number of likely N-dealkylation sites (tertiary alicyclic amines) is 1. The Balaban J connectivity index is 0.00000241. The lowest BCUT2D eigenvalue weighted by Gasteiger charge is -2.38. The molecule has 0 aliphatic carbocycles. The van der Waals surface area contributed by atoms with Gasteiger partial charge in [-0.05, 0) is 75.1 Å². The summed E-state index contributed by atoms with van der Waals surface area (Å²) in [5, 5.41) is 7.41. The van der Waals surface area contributed by atoms with E-state index in [1.165, 1.54) is 17.7 Å². The zero-order valence-electron chi connectivity index (χ0n) is 21.4. The number of nitrogens with zero attached hydrogens (tertiary/aromatic N) is 4. The average molecular weight is 571 g/mol. The lowest BCUT2D eigenvalue weighted by Crippen LogP contribution is -2.44. The Labute approximate surface area is 236 Å². The molecule has 1 aliphatic heterocycles. The minimum Gasteiger partial charge on any atom is -0.371 e. The largest absolute Gasteiger partial charge is 0.371 e. The Bertz CT molecular complexity index is 1160. The van der Waals surface area contributed by atoms with Crippen molar-refractivity contribution in [3.05, 3.63) is 76.8 Å². The molecule has 202 valence electrons. The maximum absolute atomic E-state index is 13.3. The van der Waals surface area contributed by atoms with E-state index >= 15 is 0 Å². The lowest BCUT2D eigenvalue weighted by atomic mass is 10.0. The van der Waals surface area contributed by atoms with Crippen molar-refractivity contribution in [3.63, 3.8) is 0 Å². The molecule has 0 atom stereocenters. The summed E-state index contributed by atoms with van der Waals surface area (Å²) in [6, 6.07) is 12.4. The molecule has 2 heterocycles. The number of amides is 1. The van der Waals surface area contributed by atoms with Crippen LogP contribution in [-0.2, 0) is 6.42 Å². The average Bonchev–Trinajstić information content (AvgIpc) is 3.32. The highest BCUT2D eigenvalue weighted by Crippen LogP contribution is 2.26. The quantitative estimate of drug-likeness (QED) is 0.336. The number of anilines is 2. The lowest BCUT2D eigenvalue weighted by molar-refractivity contribution is 0.102. The first-order chi connectivity index (χ1) is 16.8. The third kappa shape index (κ3) is 8.08. The van der Waals surface area contributed by atoms with Gasteiger partial charge in [-0.2, -0.15) is 5.10 Å². The van der Waals surface area contributed by atoms with Crippen LogP contribution in [-0.4, -0.2) is 53.3 Å². The molecule has 0 unspecified atom stereocenters. The van der Waals surface area contributed by atoms with Gasteiger partial charge in [0.15, 0.2) is 0 Å². The predicted octanol–water partition coefficient (Wildman–Crippen LogP) is 6.50. The Hall–Kier alpha value is -2.32. The van der Waals surface area contributed by atoms with Gasteiger partial charge >= 0.3 is 0 Å². The Morgan fingerprint density at radius 3 is 2.57 bits per heavy atom. The standard InChI is InChI=1S/C27H33ClFN5O.2ClH/c1-19(2)34-18-20(17-30-34)9-12-33-13-10-23(11-14-33)32(3)24-6-4-5-22(16-24)31-27(35)25-8-7-21(29)15-26(25)28;;/h4-8,15-19,23H,9-14H2,1-3H3,(H,31,35);2*1H. The van der Waals surface area contributed by atoms with Crippen LogP contribution in [0.3, 0.4) is 0 Å². The second kappa shape index (κ2) is 14.0. The molecule has 0 saturated carbocycles. The normalized spacial score (nSPS) is 14.1. The van der Waals surface area contributed by atoms with Gasteiger partial charge in [0.25, 0.3) is 5.91 Å². The molecule has 0 spiro atoms. The monoisotopic (exact) mass is 569 g/mol. The minimum atomic E-state index is -0.469. The van der Waals surface area contributed by atoms with E-state index in [1.54, 1.807) is 0 Å². The van der Waals surface area contributed by atoms with Gasteiger partial charge in [-0.1, -0.05) is 17.7 Å². The number of carbonyl (C=O) groups excluding carboxylic acids is 1. The minimum absolute atomic E-state index is 0. The van der Waals surface area contributed by atoms with Crippen LogP contribution >= 0.6 is 36.4 Å². The number of piperidine rings is 1. The predicted molar refractivity (Wildman–Crippen MR) is 154 cm³/mol. The molecule has 3 aromatic rings. The van der Waals surface area contributed by atoms with E-state index in [2.05, 4.69) is 53.4 Å². The maximum Gasteiger partial charge on any atom is 0.257 e. The van der Waals surface area contributed by atoms with Gasteiger partial charge in [0, 0.05) is 56.3 Å². The van der Waals surface area contributed by atoms with E-state index in [0.717, 1.165) is 50.7 Å². The zero-order valence-corrected chi connectivity index (χ0v) is 23.8. The van der Waals surface area contributed by atoms with Gasteiger partial charge in [0.1, 0.15) is 5.82 Å². The van der Waals surface area contributed by atoms with Gasteiger partial charge < -0.3 is 15.1 Å². The van der Waals surface area contributed by atoms with Crippen LogP contribution in [0.4, 0.5) is 15.8 Å². The first-order valence-corrected chi connectivity index (χ1v) is 12.5. The van der Waals surface area contributed by atoms with Crippen molar-refractivity contribution in [2.75, 3.05) is 36.9 Å². The van der Waals surface area contributed by atoms with Gasteiger partial charge in [-0.25, -0.2) is 4.39 Å². The summed E-state index contributed by atoms with van der Waals surface area (Å²) in [4.78, 5) is 17.4. The Morgan fingerprint density at radius 2 is 1.92 bits per heavy atom. The summed E-state index contributed by atoms with van der Waals surface area (Å²) < 4.78 is 15.3. The van der Waals surface area contributed by atoms with Crippen molar-refractivity contribution in [2.24, 2.45) is 0 Å². The van der Waals surface area contributed by atoms with Crippen molar-refractivity contribution >= 4 is 53.7 Å². The molecule has 0 radical (unpaired) electrons. The molecule has 1 saturated heterocycles. The third-order valence-electron chi connectivity index (χ3n) is 6.69. The first kappa shape index (κ1) is 30.9. The highest BCUT2D eigenvalue weighted by molar-refractivity contribution is 6.34. The molecular formula is C27H35Cl3FN5O. The number of aromatic nitrogens is 2. The molecule has 0 bridgehead atoms. The first-order valence-electron chi connectivity index (χ1n) is 12.1. The van der Waals surface area contributed by atoms with Gasteiger partial charge in [-0.3, -0.25) is 9.48 Å². The number of hydrogen-bond acceptors (Lipinski definition) is 4. The number of rotatable bonds is 8. The number of halogens is 4. The van der Waals surface area contributed by atoms with Gasteiger partial charge in [-0.15, -0.1) is 24.8 Å². The fourth-order valence-corrected chi connectivity index (χ4v) is 4.75. The maximum atomic E-state index is 13.3. The Kier molecular flexibility index (Phi) is 11.7. The van der Waals surface area contributed by atoms with Crippen molar-refractivity contribution < 1.29 is 9.18 Å². The van der Waals surface area contributed by atoms with Crippen molar-refractivity contribution in [3.8, 4) is 0 Å². The van der Waals surface area contributed by atoms with Crippen molar-refractivity contribution in [2.45, 2.75) is 45.2 Å². The second-order valence-electron chi connectivity index (χ2n) is 9.48. The summed E-state index contributed by atoms with van der Waals surface area (Å²) >= 11 is 6.04. The van der Waals surface area contributed by atoms with E-state index in [1.807, 2.05) is 29.1 Å². The van der Waals surface area contributed by atoms with E-state index in [9.17, 15) is 9.18 Å². The molecule has 6 nitrogen and oxygen atoms in total. The van der Waals surface area contributed by atoms with Gasteiger partial charge in [0.2, 0.25) is 0 Å². The highest BCUT2D eigenvalue weighted by Gasteiger charge is 2.23. The second-order valence-corrected chi connectivity index (χ2v) is 9.89. The van der Waals surface area contributed by atoms with E-state index in [4.69, 9.17) is 11.6 Å². The van der Waals surface area contributed by atoms with Crippen LogP contribution in [0, 0.1) is 5.82 Å². The zero-order chi connectivity index (χ0) is 24.9. The van der Waals surface area contributed by atoms with Crippen LogP contribution < -0.4 is 10.2 Å². The van der Waals surface area contributed by atoms with Crippen LogP contribution in [0.25, 0.3) is 0 Å². The van der Waals surface area contributed by atoms with Crippen LogP contribution in [0.1, 0.15) is 48.7 Å². The molecule has 10 heteroatoms. The molecule has 37 heavy (non-hydrogen) atoms. The molecule has 1 fully saturated rings. The number of carbonyl (C=O) groups is 1. The SMILES string of the molecule is CC(C)n1cc(CCN2CCC(N(C)c3cccc(NC(=O)c4ccc(F)cc4Cl)c3)CC2)cn1.Cl.Cl. The molecule has 1 N–H and O–H groups in total. The van der Waals surface area contributed by atoms with E-state index in [-0.39, 0.29) is 41.3 Å². The summed E-state index contributed by atoms with van der Waals surface area (Å²) in [6.07, 6.45) is 7.33. The van der Waals surface area contributed by atoms with E-state index < -0.39 is 5.82 Å². The number of nitrogens with one attached hydrogen (secondary N) is 1. The van der Waals surface area contributed by atoms with Crippen molar-refractivity contribution in [1.82, 2.24) is 14.7 Å². The fraction of sp³-hybridized carbons (Fsp3) is 0.407. The van der Waals surface area contributed by atoms with Crippen LogP contribution in [0.15, 0.2) is 54.9 Å². The van der Waals surface area contributed by atoms with E-state index in [0.29, 0.717) is 17.8 Å². The molecule has 2 aromatic carbocycles. The molecular weight excluding hydrogens is 536 g/mol. The third-order valence-corrected chi connectivity index (χ3v) is 7.01. The van der Waals surface area contributed by atoms with Crippen LogP contribution in [0.2, 0.25) is 5.02 Å². The number of benzene rings is 2. The molecule has 1 aliphatic rings. The molecule has 1 aromatic heterocycles. The summed E-state index contributed by atoms with van der Waals surface area (Å²) in [6.45, 7) is 7.46. The van der Waals surface area contributed by atoms with Crippen molar-refractivity contribution in [1.29, 1.82) is 0 Å². The summed E-state index contributed by atoms with van der Waals surface area (Å²) in [5.41, 5.74) is 3.26. The number of hydrogen-bond donors (Lipinski definition) is 1. The van der Waals surface area contributed by atoms with Gasteiger partial charge in [0.05, 0.1) is 16.8 Å². The smallest absolute Gasteiger partial charge is 0.257 e. The van der Waals surface area contributed by atoms with Crippen LogP contribution in [0.5, 0.6) is 0 Å². The Morgan fingerprint density at radius 1 is 1.19 bits per heavy atom. The fourth-order valence-electron chi connectivity index (χ4n) is 4.49. The highest BCUT2D eigenvalue weighted by atomic mass is 35.5. The summed E-state index contributed by atoms with van der Waals surface area (Å²) in [7, 11) is 2.11.